The van der Waals surface area contributed by atoms with Crippen LogP contribution in [-0.2, 0) is 6.54 Å². The number of aromatic nitrogens is 2. The Labute approximate surface area is 130 Å². The first kappa shape index (κ1) is 16.3. The summed E-state index contributed by atoms with van der Waals surface area (Å²) in [5, 5.41) is 7.65. The van der Waals surface area contributed by atoms with Crippen molar-refractivity contribution < 1.29 is 0 Å². The topological polar surface area (TPSA) is 53.4 Å². The Balaban J connectivity index is 2.03. The molecule has 1 atom stereocenters. The molecule has 2 rings (SSSR count). The Kier molecular flexibility index (Phi) is 5.61. The lowest BCUT2D eigenvalue weighted by molar-refractivity contribution is 0.122. The summed E-state index contributed by atoms with van der Waals surface area (Å²) >= 11 is 6.16. The van der Waals surface area contributed by atoms with Gasteiger partial charge in [-0.15, -0.1) is 0 Å². The fourth-order valence-corrected chi connectivity index (χ4v) is 2.72. The SMILES string of the molecule is CCCn1ncc(NCC2CN(C)CCN2C)c(Cl)c1=O. The second kappa shape index (κ2) is 7.24. The first-order chi connectivity index (χ1) is 10.0. The molecule has 2 heterocycles. The number of anilines is 1. The Bertz CT molecular complexity index is 533. The molecule has 6 nitrogen and oxygen atoms in total. The van der Waals surface area contributed by atoms with E-state index in [1.807, 2.05) is 6.92 Å². The summed E-state index contributed by atoms with van der Waals surface area (Å²) in [6.07, 6.45) is 2.50. The molecule has 0 bridgehead atoms. The minimum Gasteiger partial charge on any atom is -0.381 e. The van der Waals surface area contributed by atoms with E-state index >= 15 is 0 Å². The van der Waals surface area contributed by atoms with Crippen LogP contribution in [0.25, 0.3) is 0 Å². The highest BCUT2D eigenvalue weighted by Crippen LogP contribution is 2.16. The molecule has 118 valence electrons. The zero-order valence-corrected chi connectivity index (χ0v) is 13.7. The average molecular weight is 314 g/mol. The lowest BCUT2D eigenvalue weighted by Gasteiger charge is -2.37. The Morgan fingerprint density at radius 2 is 2.19 bits per heavy atom. The minimum atomic E-state index is -0.224. The second-order valence-electron chi connectivity index (χ2n) is 5.68. The van der Waals surface area contributed by atoms with Crippen LogP contribution in [0, 0.1) is 0 Å². The Morgan fingerprint density at radius 3 is 2.90 bits per heavy atom. The van der Waals surface area contributed by atoms with Crippen LogP contribution >= 0.6 is 11.6 Å². The van der Waals surface area contributed by atoms with Crippen LogP contribution in [0.15, 0.2) is 11.0 Å². The van der Waals surface area contributed by atoms with E-state index in [9.17, 15) is 4.79 Å². The van der Waals surface area contributed by atoms with E-state index in [1.165, 1.54) is 4.68 Å². The van der Waals surface area contributed by atoms with Gasteiger partial charge < -0.3 is 10.2 Å². The number of piperazine rings is 1. The van der Waals surface area contributed by atoms with Gasteiger partial charge in [0, 0.05) is 38.8 Å². The summed E-state index contributed by atoms with van der Waals surface area (Å²) in [7, 11) is 4.25. The fourth-order valence-electron chi connectivity index (χ4n) is 2.51. The molecule has 21 heavy (non-hydrogen) atoms. The summed E-state index contributed by atoms with van der Waals surface area (Å²) in [6.45, 7) is 6.48. The monoisotopic (exact) mass is 313 g/mol. The normalized spacial score (nSPS) is 20.7. The average Bonchev–Trinajstić information content (AvgIpc) is 2.46. The molecule has 1 aliphatic heterocycles. The Hall–Kier alpha value is -1.11. The summed E-state index contributed by atoms with van der Waals surface area (Å²) in [5.74, 6) is 0. The molecule has 7 heteroatoms. The molecule has 0 aromatic carbocycles. The van der Waals surface area contributed by atoms with Crippen molar-refractivity contribution in [2.75, 3.05) is 45.6 Å². The maximum absolute atomic E-state index is 12.1. The second-order valence-corrected chi connectivity index (χ2v) is 6.06. The van der Waals surface area contributed by atoms with E-state index in [0.29, 0.717) is 18.3 Å². The lowest BCUT2D eigenvalue weighted by atomic mass is 10.2. The number of nitrogens with one attached hydrogen (secondary N) is 1. The van der Waals surface area contributed by atoms with Gasteiger partial charge in [0.05, 0.1) is 11.9 Å². The summed E-state index contributed by atoms with van der Waals surface area (Å²) in [4.78, 5) is 16.7. The van der Waals surface area contributed by atoms with Gasteiger partial charge >= 0.3 is 0 Å². The molecule has 1 N–H and O–H groups in total. The number of nitrogens with zero attached hydrogens (tertiary/aromatic N) is 4. The number of likely N-dealkylation sites (N-methyl/N-ethyl adjacent to an activating group) is 2. The van der Waals surface area contributed by atoms with Gasteiger partial charge in [0.15, 0.2) is 0 Å². The Morgan fingerprint density at radius 1 is 1.43 bits per heavy atom. The van der Waals surface area contributed by atoms with Gasteiger partial charge in [0.1, 0.15) is 5.02 Å². The summed E-state index contributed by atoms with van der Waals surface area (Å²) in [6, 6.07) is 0.401. The number of hydrogen-bond donors (Lipinski definition) is 1. The number of halogens is 1. The van der Waals surface area contributed by atoms with Crippen LogP contribution in [0.5, 0.6) is 0 Å². The highest BCUT2D eigenvalue weighted by Gasteiger charge is 2.22. The molecule has 1 aliphatic rings. The van der Waals surface area contributed by atoms with Crippen molar-refractivity contribution in [1.82, 2.24) is 19.6 Å². The molecule has 0 spiro atoms. The van der Waals surface area contributed by atoms with Crippen molar-refractivity contribution in [2.45, 2.75) is 25.9 Å². The van der Waals surface area contributed by atoms with Crippen LogP contribution in [0.1, 0.15) is 13.3 Å². The van der Waals surface area contributed by atoms with Crippen molar-refractivity contribution in [2.24, 2.45) is 0 Å². The van der Waals surface area contributed by atoms with Crippen molar-refractivity contribution in [1.29, 1.82) is 0 Å². The van der Waals surface area contributed by atoms with Gasteiger partial charge in [-0.3, -0.25) is 9.69 Å². The van der Waals surface area contributed by atoms with Gasteiger partial charge in [0.2, 0.25) is 0 Å². The summed E-state index contributed by atoms with van der Waals surface area (Å²) in [5.41, 5.74) is 0.397. The number of rotatable bonds is 5. The van der Waals surface area contributed by atoms with Crippen LogP contribution in [-0.4, -0.2) is 65.9 Å². The van der Waals surface area contributed by atoms with E-state index in [2.05, 4.69) is 34.3 Å². The lowest BCUT2D eigenvalue weighted by Crippen LogP contribution is -2.52. The quantitative estimate of drug-likeness (QED) is 0.877. The van der Waals surface area contributed by atoms with Gasteiger partial charge in [0.25, 0.3) is 5.56 Å². The smallest absolute Gasteiger partial charge is 0.287 e. The van der Waals surface area contributed by atoms with E-state index in [1.54, 1.807) is 6.20 Å². The van der Waals surface area contributed by atoms with Gasteiger partial charge in [-0.05, 0) is 20.5 Å². The van der Waals surface area contributed by atoms with Gasteiger partial charge in [-0.1, -0.05) is 18.5 Å². The fraction of sp³-hybridized carbons (Fsp3) is 0.714. The van der Waals surface area contributed by atoms with Crippen LogP contribution in [0.2, 0.25) is 5.02 Å². The predicted molar refractivity (Wildman–Crippen MR) is 86.2 cm³/mol. The van der Waals surface area contributed by atoms with Crippen molar-refractivity contribution in [3.8, 4) is 0 Å². The number of hydrogen-bond acceptors (Lipinski definition) is 5. The van der Waals surface area contributed by atoms with E-state index in [-0.39, 0.29) is 10.6 Å². The standard InChI is InChI=1S/C14H24ClN5O/c1-4-5-20-14(21)13(15)12(9-17-20)16-8-11-10-18(2)6-7-19(11)3/h9,11,16H,4-8,10H2,1-3H3. The molecule has 0 radical (unpaired) electrons. The van der Waals surface area contributed by atoms with E-state index in [0.717, 1.165) is 32.6 Å². The molecule has 1 fully saturated rings. The first-order valence-corrected chi connectivity index (χ1v) is 7.79. The third kappa shape index (κ3) is 3.96. The largest absolute Gasteiger partial charge is 0.381 e. The highest BCUT2D eigenvalue weighted by molar-refractivity contribution is 6.32. The van der Waals surface area contributed by atoms with E-state index in [4.69, 9.17) is 11.6 Å². The third-order valence-corrected chi connectivity index (χ3v) is 4.29. The number of aryl methyl sites for hydroxylation is 1. The molecular formula is C14H24ClN5O. The molecule has 0 aliphatic carbocycles. The molecule has 1 aromatic rings. The van der Waals surface area contributed by atoms with Crippen LogP contribution in [0.4, 0.5) is 5.69 Å². The zero-order valence-electron chi connectivity index (χ0n) is 13.0. The first-order valence-electron chi connectivity index (χ1n) is 7.41. The van der Waals surface area contributed by atoms with Crippen LogP contribution in [0.3, 0.4) is 0 Å². The molecule has 1 saturated heterocycles. The molecule has 1 unspecified atom stereocenters. The molecule has 0 saturated carbocycles. The molecule has 1 aromatic heterocycles. The molecule has 0 amide bonds. The summed E-state index contributed by atoms with van der Waals surface area (Å²) < 4.78 is 1.41. The third-order valence-electron chi connectivity index (χ3n) is 3.93. The maximum Gasteiger partial charge on any atom is 0.287 e. The van der Waals surface area contributed by atoms with Crippen molar-refractivity contribution in [3.63, 3.8) is 0 Å². The van der Waals surface area contributed by atoms with Gasteiger partial charge in [-0.25, -0.2) is 4.68 Å². The van der Waals surface area contributed by atoms with E-state index < -0.39 is 0 Å². The predicted octanol–water partition coefficient (Wildman–Crippen LogP) is 0.964. The highest BCUT2D eigenvalue weighted by atomic mass is 35.5. The van der Waals surface area contributed by atoms with Gasteiger partial charge in [-0.2, -0.15) is 5.10 Å². The molecular weight excluding hydrogens is 290 g/mol. The minimum absolute atomic E-state index is 0.224. The van der Waals surface area contributed by atoms with Crippen LogP contribution < -0.4 is 10.9 Å². The zero-order chi connectivity index (χ0) is 15.4. The van der Waals surface area contributed by atoms with Crippen molar-refractivity contribution in [3.05, 3.63) is 21.6 Å². The van der Waals surface area contributed by atoms with Crippen molar-refractivity contribution >= 4 is 17.3 Å². The maximum atomic E-state index is 12.1.